The molecule has 0 aliphatic heterocycles. The quantitative estimate of drug-likeness (QED) is 0.442. The number of carbonyl (C=O) groups excluding carboxylic acids is 3. The molecular weight excluding hydrogens is 328 g/mol. The fraction of sp³-hybridized carbons (Fsp3) is 0.188. The minimum atomic E-state index is -0.704. The lowest BCUT2D eigenvalue weighted by molar-refractivity contribution is -0.384. The number of H-pyrrole nitrogens is 1. The van der Waals surface area contributed by atoms with Crippen LogP contribution in [0.1, 0.15) is 49.4 Å². The van der Waals surface area contributed by atoms with Crippen LogP contribution in [-0.4, -0.2) is 27.5 Å². The second-order valence-electron chi connectivity index (χ2n) is 5.40. The van der Waals surface area contributed by atoms with Crippen molar-refractivity contribution in [2.75, 3.05) is 0 Å². The van der Waals surface area contributed by atoms with Crippen molar-refractivity contribution in [1.29, 1.82) is 0 Å². The lowest BCUT2D eigenvalue weighted by atomic mass is 10.1. The Morgan fingerprint density at radius 2 is 1.76 bits per heavy atom. The molecule has 0 aliphatic rings. The van der Waals surface area contributed by atoms with Crippen molar-refractivity contribution in [3.63, 3.8) is 0 Å². The Labute approximate surface area is 142 Å². The third-order valence-corrected chi connectivity index (χ3v) is 3.63. The second kappa shape index (κ2) is 6.95. The van der Waals surface area contributed by atoms with Gasteiger partial charge in [-0.3, -0.25) is 35.3 Å². The van der Waals surface area contributed by atoms with E-state index >= 15 is 0 Å². The summed E-state index contributed by atoms with van der Waals surface area (Å²) in [6.45, 7) is 4.69. The number of hydrogen-bond donors (Lipinski definition) is 3. The van der Waals surface area contributed by atoms with Gasteiger partial charge in [0.2, 0.25) is 0 Å². The number of benzene rings is 1. The maximum absolute atomic E-state index is 12.2. The molecule has 0 radical (unpaired) electrons. The first-order valence-corrected chi connectivity index (χ1v) is 7.27. The first-order chi connectivity index (χ1) is 11.7. The Morgan fingerprint density at radius 3 is 2.32 bits per heavy atom. The van der Waals surface area contributed by atoms with E-state index in [0.29, 0.717) is 16.8 Å². The molecule has 0 unspecified atom stereocenters. The molecule has 0 saturated carbocycles. The van der Waals surface area contributed by atoms with E-state index in [-0.39, 0.29) is 22.7 Å². The predicted octanol–water partition coefficient (Wildman–Crippen LogP) is 1.82. The molecule has 25 heavy (non-hydrogen) atoms. The van der Waals surface area contributed by atoms with E-state index in [0.717, 1.165) is 6.07 Å². The first kappa shape index (κ1) is 17.9. The average molecular weight is 344 g/mol. The van der Waals surface area contributed by atoms with Crippen molar-refractivity contribution in [3.8, 4) is 0 Å². The van der Waals surface area contributed by atoms with E-state index < -0.39 is 16.7 Å². The van der Waals surface area contributed by atoms with Crippen LogP contribution in [0.15, 0.2) is 24.3 Å². The molecule has 0 saturated heterocycles. The van der Waals surface area contributed by atoms with Gasteiger partial charge in [0.15, 0.2) is 5.78 Å². The summed E-state index contributed by atoms with van der Waals surface area (Å²) in [6, 6.07) is 5.10. The van der Waals surface area contributed by atoms with Gasteiger partial charge in [0.1, 0.15) is 5.69 Å². The predicted molar refractivity (Wildman–Crippen MR) is 88.3 cm³/mol. The number of amides is 2. The van der Waals surface area contributed by atoms with E-state index in [1.807, 2.05) is 0 Å². The number of aryl methyl sites for hydroxylation is 1. The number of ketones is 1. The molecule has 0 bridgehead atoms. The van der Waals surface area contributed by atoms with Crippen LogP contribution in [0.5, 0.6) is 0 Å². The molecule has 0 spiro atoms. The summed E-state index contributed by atoms with van der Waals surface area (Å²) in [7, 11) is 0. The molecule has 9 nitrogen and oxygen atoms in total. The highest BCUT2D eigenvalue weighted by atomic mass is 16.6. The van der Waals surface area contributed by atoms with E-state index in [1.165, 1.54) is 25.1 Å². The number of aromatic nitrogens is 1. The van der Waals surface area contributed by atoms with Crippen LogP contribution in [0.2, 0.25) is 0 Å². The number of nitrogens with one attached hydrogen (secondary N) is 3. The summed E-state index contributed by atoms with van der Waals surface area (Å²) >= 11 is 0. The minimum Gasteiger partial charge on any atom is -0.354 e. The van der Waals surface area contributed by atoms with E-state index in [1.54, 1.807) is 13.8 Å². The number of carbonyl (C=O) groups is 3. The summed E-state index contributed by atoms with van der Waals surface area (Å²) in [5.74, 6) is -1.51. The van der Waals surface area contributed by atoms with Crippen LogP contribution in [-0.2, 0) is 0 Å². The zero-order valence-electron chi connectivity index (χ0n) is 13.8. The minimum absolute atomic E-state index is 0.0262. The molecule has 1 aromatic heterocycles. The highest BCUT2D eigenvalue weighted by molar-refractivity contribution is 6.03. The Hall–Kier alpha value is -3.49. The molecule has 0 fully saturated rings. The van der Waals surface area contributed by atoms with Crippen LogP contribution < -0.4 is 10.9 Å². The SMILES string of the molecule is CC(=O)c1c(C)[nH]c(C(=O)NNC(=O)c2cccc([N+](=O)[O-])c2)c1C. The van der Waals surface area contributed by atoms with Crippen molar-refractivity contribution in [2.45, 2.75) is 20.8 Å². The maximum atomic E-state index is 12.2. The zero-order valence-corrected chi connectivity index (χ0v) is 13.8. The Morgan fingerprint density at radius 1 is 1.12 bits per heavy atom. The Bertz CT molecular complexity index is 885. The summed E-state index contributed by atoms with van der Waals surface area (Å²) in [5.41, 5.74) is 5.80. The summed E-state index contributed by atoms with van der Waals surface area (Å²) in [5, 5.41) is 10.7. The lowest BCUT2D eigenvalue weighted by Crippen LogP contribution is -2.42. The third-order valence-electron chi connectivity index (χ3n) is 3.63. The number of aromatic amines is 1. The summed E-state index contributed by atoms with van der Waals surface area (Å²) < 4.78 is 0. The zero-order chi connectivity index (χ0) is 18.7. The van der Waals surface area contributed by atoms with Crippen molar-refractivity contribution in [1.82, 2.24) is 15.8 Å². The van der Waals surface area contributed by atoms with Gasteiger partial charge < -0.3 is 4.98 Å². The average Bonchev–Trinajstić information content (AvgIpc) is 2.87. The molecule has 0 aliphatic carbocycles. The fourth-order valence-corrected chi connectivity index (χ4v) is 2.51. The van der Waals surface area contributed by atoms with Gasteiger partial charge in [-0.2, -0.15) is 0 Å². The first-order valence-electron chi connectivity index (χ1n) is 7.27. The van der Waals surface area contributed by atoms with Crippen LogP contribution in [0, 0.1) is 24.0 Å². The van der Waals surface area contributed by atoms with Crippen molar-refractivity contribution in [3.05, 3.63) is 62.5 Å². The number of nitro benzene ring substituents is 1. The van der Waals surface area contributed by atoms with Gasteiger partial charge in [0, 0.05) is 29.0 Å². The molecule has 2 aromatic rings. The largest absolute Gasteiger partial charge is 0.354 e. The molecule has 2 rings (SSSR count). The molecule has 1 aromatic carbocycles. The fourth-order valence-electron chi connectivity index (χ4n) is 2.51. The number of nitro groups is 1. The van der Waals surface area contributed by atoms with Gasteiger partial charge in [-0.1, -0.05) is 6.07 Å². The van der Waals surface area contributed by atoms with Crippen LogP contribution in [0.25, 0.3) is 0 Å². The molecular formula is C16H16N4O5. The smallest absolute Gasteiger partial charge is 0.286 e. The van der Waals surface area contributed by atoms with Crippen LogP contribution in [0.3, 0.4) is 0 Å². The van der Waals surface area contributed by atoms with Gasteiger partial charge in [0.05, 0.1) is 4.92 Å². The maximum Gasteiger partial charge on any atom is 0.286 e. The normalized spacial score (nSPS) is 10.2. The van der Waals surface area contributed by atoms with Crippen LogP contribution >= 0.6 is 0 Å². The molecule has 130 valence electrons. The monoisotopic (exact) mass is 344 g/mol. The number of Topliss-reactive ketones (excluding diaryl/α,β-unsaturated/α-hetero) is 1. The standard InChI is InChI=1S/C16H16N4O5/c1-8-13(10(3)21)9(2)17-14(8)16(23)19-18-15(22)11-5-4-6-12(7-11)20(24)25/h4-7,17H,1-3H3,(H,18,22)(H,19,23). The number of non-ortho nitro benzene ring substituents is 1. The van der Waals surface area contributed by atoms with E-state index in [2.05, 4.69) is 15.8 Å². The van der Waals surface area contributed by atoms with Gasteiger partial charge in [-0.25, -0.2) is 0 Å². The lowest BCUT2D eigenvalue weighted by Gasteiger charge is -2.07. The van der Waals surface area contributed by atoms with Crippen molar-refractivity contribution in [2.24, 2.45) is 0 Å². The number of hydrogen-bond acceptors (Lipinski definition) is 5. The molecule has 9 heteroatoms. The highest BCUT2D eigenvalue weighted by Gasteiger charge is 2.20. The molecule has 2 amide bonds. The number of rotatable bonds is 4. The van der Waals surface area contributed by atoms with Gasteiger partial charge in [-0.05, 0) is 32.4 Å². The molecule has 0 atom stereocenters. The highest BCUT2D eigenvalue weighted by Crippen LogP contribution is 2.18. The summed E-state index contributed by atoms with van der Waals surface area (Å²) in [6.07, 6.45) is 0. The van der Waals surface area contributed by atoms with E-state index in [4.69, 9.17) is 0 Å². The Kier molecular flexibility index (Phi) is 4.97. The van der Waals surface area contributed by atoms with Gasteiger partial charge in [-0.15, -0.1) is 0 Å². The van der Waals surface area contributed by atoms with Crippen molar-refractivity contribution >= 4 is 23.3 Å². The summed E-state index contributed by atoms with van der Waals surface area (Å²) in [4.78, 5) is 48.7. The number of hydrazine groups is 1. The van der Waals surface area contributed by atoms with E-state index in [9.17, 15) is 24.5 Å². The third kappa shape index (κ3) is 3.71. The topological polar surface area (TPSA) is 134 Å². The van der Waals surface area contributed by atoms with Crippen molar-refractivity contribution < 1.29 is 19.3 Å². The van der Waals surface area contributed by atoms with Gasteiger partial charge in [0.25, 0.3) is 17.5 Å². The Balaban J connectivity index is 2.11. The number of nitrogens with zero attached hydrogens (tertiary/aromatic N) is 1. The van der Waals surface area contributed by atoms with Crippen LogP contribution in [0.4, 0.5) is 5.69 Å². The second-order valence-corrected chi connectivity index (χ2v) is 5.40. The molecule has 1 heterocycles. The molecule has 3 N–H and O–H groups in total. The van der Waals surface area contributed by atoms with Gasteiger partial charge >= 0.3 is 0 Å².